The number of fused-ring (bicyclic) bond motifs is 6. The van der Waals surface area contributed by atoms with E-state index in [4.69, 9.17) is 9.47 Å². The zero-order valence-corrected chi connectivity index (χ0v) is 7.52. The van der Waals surface area contributed by atoms with Crippen LogP contribution in [0.5, 0.6) is 0 Å². The summed E-state index contributed by atoms with van der Waals surface area (Å²) in [6.45, 7) is 1.50. The zero-order valence-electron chi connectivity index (χ0n) is 7.52. The van der Waals surface area contributed by atoms with Gasteiger partial charge in [-0.2, -0.15) is 0 Å². The summed E-state index contributed by atoms with van der Waals surface area (Å²) in [4.78, 5) is 22.7. The van der Waals surface area contributed by atoms with E-state index >= 15 is 0 Å². The quantitative estimate of drug-likeness (QED) is 0.582. The Morgan fingerprint density at radius 2 is 1.29 bits per heavy atom. The van der Waals surface area contributed by atoms with Crippen LogP contribution in [0, 0.1) is 0 Å². The van der Waals surface area contributed by atoms with Gasteiger partial charge < -0.3 is 9.47 Å². The molecular formula is C10H8O4. The van der Waals surface area contributed by atoms with E-state index in [1.807, 2.05) is 0 Å². The van der Waals surface area contributed by atoms with Crippen LogP contribution in [0.3, 0.4) is 0 Å². The SMILES string of the molecule is CC1OC(=O)c2ccc(cc2)C(=O)O1. The average Bonchev–Trinajstić information content (AvgIpc) is 2.23. The van der Waals surface area contributed by atoms with Crippen molar-refractivity contribution in [2.24, 2.45) is 0 Å². The third kappa shape index (κ3) is 1.46. The molecule has 0 unspecified atom stereocenters. The van der Waals surface area contributed by atoms with Crippen LogP contribution in [0.15, 0.2) is 24.3 Å². The molecule has 0 radical (unpaired) electrons. The Kier molecular flexibility index (Phi) is 1.96. The van der Waals surface area contributed by atoms with Gasteiger partial charge >= 0.3 is 11.9 Å². The maximum absolute atomic E-state index is 11.3. The molecule has 1 aromatic rings. The highest BCUT2D eigenvalue weighted by Crippen LogP contribution is 2.13. The lowest BCUT2D eigenvalue weighted by molar-refractivity contribution is -0.0686. The van der Waals surface area contributed by atoms with Crippen LogP contribution in [0.2, 0.25) is 0 Å². The standard InChI is InChI=1S/C10H8O4/c1-6-13-9(11)7-2-3-8(5-4-7)10(12)14-6/h2-6H,1H3. The van der Waals surface area contributed by atoms with E-state index in [2.05, 4.69) is 0 Å². The first-order chi connectivity index (χ1) is 6.66. The molecule has 0 aliphatic carbocycles. The van der Waals surface area contributed by atoms with Gasteiger partial charge in [0.25, 0.3) is 0 Å². The minimum absolute atomic E-state index is 0.416. The van der Waals surface area contributed by atoms with E-state index in [1.54, 1.807) is 0 Å². The Morgan fingerprint density at radius 3 is 1.64 bits per heavy atom. The summed E-state index contributed by atoms with van der Waals surface area (Å²) in [6.07, 6.45) is -0.847. The fourth-order valence-corrected chi connectivity index (χ4v) is 1.20. The molecule has 2 aliphatic heterocycles. The zero-order chi connectivity index (χ0) is 10.1. The van der Waals surface area contributed by atoms with Gasteiger partial charge in [-0.3, -0.25) is 0 Å². The molecule has 0 N–H and O–H groups in total. The van der Waals surface area contributed by atoms with Crippen molar-refractivity contribution in [1.29, 1.82) is 0 Å². The van der Waals surface area contributed by atoms with Gasteiger partial charge in [0.15, 0.2) is 0 Å². The van der Waals surface area contributed by atoms with E-state index in [9.17, 15) is 9.59 Å². The van der Waals surface area contributed by atoms with Crippen molar-refractivity contribution in [3.8, 4) is 0 Å². The third-order valence-corrected chi connectivity index (χ3v) is 1.90. The Morgan fingerprint density at radius 1 is 0.929 bits per heavy atom. The number of carbonyl (C=O) groups is 2. The monoisotopic (exact) mass is 192 g/mol. The maximum atomic E-state index is 11.3. The third-order valence-electron chi connectivity index (χ3n) is 1.90. The van der Waals surface area contributed by atoms with E-state index in [1.165, 1.54) is 31.2 Å². The smallest absolute Gasteiger partial charge is 0.341 e. The number of esters is 2. The van der Waals surface area contributed by atoms with Gasteiger partial charge in [0.05, 0.1) is 11.1 Å². The van der Waals surface area contributed by atoms with Crippen LogP contribution in [0.1, 0.15) is 27.6 Å². The summed E-state index contributed by atoms with van der Waals surface area (Å²) in [5.41, 5.74) is 0.831. The molecule has 0 amide bonds. The van der Waals surface area contributed by atoms with Crippen molar-refractivity contribution in [1.82, 2.24) is 0 Å². The molecule has 0 atom stereocenters. The van der Waals surface area contributed by atoms with Gasteiger partial charge in [-0.1, -0.05) is 0 Å². The minimum Gasteiger partial charge on any atom is -0.422 e. The minimum atomic E-state index is -0.847. The topological polar surface area (TPSA) is 52.6 Å². The molecule has 0 saturated heterocycles. The number of ether oxygens (including phenoxy) is 2. The van der Waals surface area contributed by atoms with E-state index in [0.717, 1.165) is 0 Å². The van der Waals surface area contributed by atoms with Gasteiger partial charge in [-0.25, -0.2) is 9.59 Å². The largest absolute Gasteiger partial charge is 0.422 e. The van der Waals surface area contributed by atoms with Crippen LogP contribution in [0.4, 0.5) is 0 Å². The predicted octanol–water partition coefficient (Wildman–Crippen LogP) is 1.36. The molecule has 0 fully saturated rings. The van der Waals surface area contributed by atoms with Crippen molar-refractivity contribution in [2.75, 3.05) is 0 Å². The van der Waals surface area contributed by atoms with Crippen LogP contribution in [0.25, 0.3) is 0 Å². The summed E-state index contributed by atoms with van der Waals surface area (Å²) in [7, 11) is 0. The molecule has 2 heterocycles. The second-order valence-corrected chi connectivity index (χ2v) is 2.96. The van der Waals surface area contributed by atoms with E-state index < -0.39 is 18.2 Å². The number of hydrogen-bond acceptors (Lipinski definition) is 4. The molecular weight excluding hydrogens is 184 g/mol. The predicted molar refractivity (Wildman–Crippen MR) is 46.7 cm³/mol. The Bertz CT molecular complexity index is 343. The molecule has 0 saturated carbocycles. The normalized spacial score (nSPS) is 16.6. The number of carbonyl (C=O) groups excluding carboxylic acids is 2. The van der Waals surface area contributed by atoms with Crippen molar-refractivity contribution < 1.29 is 19.1 Å². The highest BCUT2D eigenvalue weighted by atomic mass is 16.7. The number of hydrogen-bond donors (Lipinski definition) is 0. The van der Waals surface area contributed by atoms with Gasteiger partial charge in [0.2, 0.25) is 6.29 Å². The molecule has 1 aromatic carbocycles. The molecule has 0 aromatic heterocycles. The Labute approximate surface area is 80.4 Å². The van der Waals surface area contributed by atoms with Crippen molar-refractivity contribution in [3.05, 3.63) is 35.4 Å². The first-order valence-electron chi connectivity index (χ1n) is 4.19. The van der Waals surface area contributed by atoms with Gasteiger partial charge in [0, 0.05) is 6.92 Å². The van der Waals surface area contributed by atoms with Crippen molar-refractivity contribution in [3.63, 3.8) is 0 Å². The first kappa shape index (κ1) is 8.74. The lowest BCUT2D eigenvalue weighted by Crippen LogP contribution is -2.19. The molecule has 72 valence electrons. The highest BCUT2D eigenvalue weighted by Gasteiger charge is 2.19. The fourth-order valence-electron chi connectivity index (χ4n) is 1.20. The van der Waals surface area contributed by atoms with Gasteiger partial charge in [0.1, 0.15) is 0 Å². The second-order valence-electron chi connectivity index (χ2n) is 2.96. The summed E-state index contributed by atoms with van der Waals surface area (Å²) in [5, 5.41) is 0. The van der Waals surface area contributed by atoms with Crippen molar-refractivity contribution >= 4 is 11.9 Å². The highest BCUT2D eigenvalue weighted by molar-refractivity contribution is 5.94. The first-order valence-corrected chi connectivity index (χ1v) is 4.19. The molecule has 4 heteroatoms. The summed E-state index contributed by atoms with van der Waals surface area (Å²) in [6, 6.07) is 6.15. The number of rotatable bonds is 0. The van der Waals surface area contributed by atoms with Crippen LogP contribution < -0.4 is 0 Å². The van der Waals surface area contributed by atoms with Crippen LogP contribution >= 0.6 is 0 Å². The van der Waals surface area contributed by atoms with Crippen LogP contribution in [-0.4, -0.2) is 18.2 Å². The summed E-state index contributed by atoms with van der Waals surface area (Å²) < 4.78 is 9.67. The molecule has 0 spiro atoms. The fraction of sp³-hybridized carbons (Fsp3) is 0.200. The number of benzene rings is 1. The summed E-state index contributed by atoms with van der Waals surface area (Å²) >= 11 is 0. The van der Waals surface area contributed by atoms with Gasteiger partial charge in [-0.15, -0.1) is 0 Å². The average molecular weight is 192 g/mol. The van der Waals surface area contributed by atoms with E-state index in [0.29, 0.717) is 11.1 Å². The van der Waals surface area contributed by atoms with Gasteiger partial charge in [-0.05, 0) is 24.3 Å². The lowest BCUT2D eigenvalue weighted by atomic mass is 10.1. The lowest BCUT2D eigenvalue weighted by Gasteiger charge is -2.11. The molecule has 2 bridgehead atoms. The maximum Gasteiger partial charge on any atom is 0.341 e. The van der Waals surface area contributed by atoms with E-state index in [-0.39, 0.29) is 0 Å². The molecule has 14 heavy (non-hydrogen) atoms. The Balaban J connectivity index is 2.45. The molecule has 2 aliphatic rings. The van der Waals surface area contributed by atoms with Crippen LogP contribution in [-0.2, 0) is 9.47 Å². The molecule has 4 nitrogen and oxygen atoms in total. The Hall–Kier alpha value is -1.84. The molecule has 3 rings (SSSR count). The van der Waals surface area contributed by atoms with Crippen molar-refractivity contribution in [2.45, 2.75) is 13.2 Å². The summed E-state index contributed by atoms with van der Waals surface area (Å²) in [5.74, 6) is -0.975. The second kappa shape index (κ2) is 3.14.